The van der Waals surface area contributed by atoms with Gasteiger partial charge in [0.15, 0.2) is 0 Å². The number of anilines is 1. The standard InChI is InChI=1S/C21H24N4O/c1-24-13-19(20(23-24)15-7-8-15)22-21(26)25-17-9-10-18(25)12-16(11-17)14-5-3-2-4-6-14/h2-6,11,13,15,17-18H,7-10,12H2,1H3,(H,22,26). The Balaban J connectivity index is 1.36. The zero-order valence-electron chi connectivity index (χ0n) is 15.1. The second-order valence-electron chi connectivity index (χ2n) is 7.77. The Morgan fingerprint density at radius 1 is 1.15 bits per heavy atom. The van der Waals surface area contributed by atoms with E-state index in [1.165, 1.54) is 24.0 Å². The van der Waals surface area contributed by atoms with Gasteiger partial charge >= 0.3 is 6.03 Å². The molecule has 2 fully saturated rings. The first-order valence-electron chi connectivity index (χ1n) is 9.58. The SMILES string of the molecule is Cn1cc(NC(=O)N2C3C=C(c4ccccc4)CC2CC3)c(C2CC2)n1. The number of hydrogen-bond donors (Lipinski definition) is 1. The van der Waals surface area contributed by atoms with E-state index in [2.05, 4.69) is 45.7 Å². The average Bonchev–Trinajstić information content (AvgIpc) is 3.37. The van der Waals surface area contributed by atoms with E-state index in [-0.39, 0.29) is 12.1 Å². The summed E-state index contributed by atoms with van der Waals surface area (Å²) in [5.41, 5.74) is 4.60. The molecule has 2 aliphatic heterocycles. The number of benzene rings is 1. The fourth-order valence-corrected chi connectivity index (χ4v) is 4.45. The molecule has 1 aliphatic carbocycles. The Bertz CT molecular complexity index is 865. The summed E-state index contributed by atoms with van der Waals surface area (Å²) in [4.78, 5) is 15.1. The van der Waals surface area contributed by atoms with E-state index < -0.39 is 0 Å². The number of aromatic nitrogens is 2. The van der Waals surface area contributed by atoms with Crippen LogP contribution < -0.4 is 5.32 Å². The molecule has 1 saturated heterocycles. The van der Waals surface area contributed by atoms with Crippen molar-refractivity contribution in [2.24, 2.45) is 7.05 Å². The van der Waals surface area contributed by atoms with Gasteiger partial charge in [-0.25, -0.2) is 4.79 Å². The molecule has 3 aliphatic rings. The molecule has 2 unspecified atom stereocenters. The smallest absolute Gasteiger partial charge is 0.315 e. The zero-order chi connectivity index (χ0) is 17.7. The molecule has 0 radical (unpaired) electrons. The summed E-state index contributed by atoms with van der Waals surface area (Å²) in [5.74, 6) is 0.522. The maximum atomic E-state index is 13.0. The van der Waals surface area contributed by atoms with Gasteiger partial charge in [0.25, 0.3) is 0 Å². The number of amides is 2. The summed E-state index contributed by atoms with van der Waals surface area (Å²) in [6.07, 6.45) is 9.66. The third-order valence-corrected chi connectivity index (χ3v) is 5.84. The summed E-state index contributed by atoms with van der Waals surface area (Å²) >= 11 is 0. The molecule has 26 heavy (non-hydrogen) atoms. The fraction of sp³-hybridized carbons (Fsp3) is 0.429. The number of carbonyl (C=O) groups excluding carboxylic acids is 1. The summed E-state index contributed by atoms with van der Waals surface area (Å²) in [5, 5.41) is 7.70. The van der Waals surface area contributed by atoms with Crippen molar-refractivity contribution in [1.29, 1.82) is 0 Å². The lowest BCUT2D eigenvalue weighted by Crippen LogP contribution is -2.45. The van der Waals surface area contributed by atoms with Gasteiger partial charge in [0, 0.05) is 25.2 Å². The Morgan fingerprint density at radius 3 is 2.69 bits per heavy atom. The molecule has 3 heterocycles. The largest absolute Gasteiger partial charge is 0.322 e. The summed E-state index contributed by atoms with van der Waals surface area (Å²) in [7, 11) is 1.92. The van der Waals surface area contributed by atoms with Crippen molar-refractivity contribution in [3.05, 3.63) is 53.9 Å². The molecule has 5 nitrogen and oxygen atoms in total. The van der Waals surface area contributed by atoms with Crippen molar-refractivity contribution >= 4 is 17.3 Å². The first-order valence-corrected chi connectivity index (χ1v) is 9.58. The lowest BCUT2D eigenvalue weighted by Gasteiger charge is -2.34. The Labute approximate surface area is 153 Å². The van der Waals surface area contributed by atoms with Gasteiger partial charge in [-0.1, -0.05) is 36.4 Å². The highest BCUT2D eigenvalue weighted by Gasteiger charge is 2.40. The van der Waals surface area contributed by atoms with Crippen LogP contribution in [0.4, 0.5) is 10.5 Å². The maximum absolute atomic E-state index is 13.0. The number of hydrogen-bond acceptors (Lipinski definition) is 2. The lowest BCUT2D eigenvalue weighted by molar-refractivity contribution is 0.193. The zero-order valence-corrected chi connectivity index (χ0v) is 15.1. The molecule has 2 amide bonds. The monoisotopic (exact) mass is 348 g/mol. The van der Waals surface area contributed by atoms with Crippen molar-refractivity contribution in [1.82, 2.24) is 14.7 Å². The van der Waals surface area contributed by atoms with Crippen LogP contribution in [0.15, 0.2) is 42.6 Å². The number of carbonyl (C=O) groups is 1. The second-order valence-corrected chi connectivity index (χ2v) is 7.77. The van der Waals surface area contributed by atoms with Gasteiger partial charge in [-0.15, -0.1) is 0 Å². The van der Waals surface area contributed by atoms with Crippen LogP contribution in [0.25, 0.3) is 5.57 Å². The highest BCUT2D eigenvalue weighted by molar-refractivity contribution is 5.91. The molecular formula is C21H24N4O. The van der Waals surface area contributed by atoms with Crippen LogP contribution in [-0.2, 0) is 7.05 Å². The highest BCUT2D eigenvalue weighted by Crippen LogP contribution is 2.43. The van der Waals surface area contributed by atoms with Crippen molar-refractivity contribution in [2.45, 2.75) is 50.1 Å². The topological polar surface area (TPSA) is 50.2 Å². The van der Waals surface area contributed by atoms with Gasteiger partial charge in [-0.05, 0) is 43.2 Å². The van der Waals surface area contributed by atoms with Crippen molar-refractivity contribution in [2.75, 3.05) is 5.32 Å². The first-order chi connectivity index (χ1) is 12.7. The molecule has 2 aromatic rings. The van der Waals surface area contributed by atoms with E-state index in [1.807, 2.05) is 24.0 Å². The van der Waals surface area contributed by atoms with E-state index in [1.54, 1.807) is 0 Å². The predicted octanol–water partition coefficient (Wildman–Crippen LogP) is 4.15. The highest BCUT2D eigenvalue weighted by atomic mass is 16.2. The third kappa shape index (κ3) is 2.71. The van der Waals surface area contributed by atoms with Gasteiger partial charge in [-0.3, -0.25) is 4.68 Å². The molecule has 1 aromatic heterocycles. The van der Waals surface area contributed by atoms with Crippen LogP contribution >= 0.6 is 0 Å². The molecule has 1 aromatic carbocycles. The van der Waals surface area contributed by atoms with E-state index in [4.69, 9.17) is 0 Å². The number of aryl methyl sites for hydroxylation is 1. The third-order valence-electron chi connectivity index (χ3n) is 5.84. The molecule has 5 heteroatoms. The number of fused-ring (bicyclic) bond motifs is 2. The number of nitrogens with zero attached hydrogens (tertiary/aromatic N) is 3. The van der Waals surface area contributed by atoms with E-state index >= 15 is 0 Å². The quantitative estimate of drug-likeness (QED) is 0.906. The normalized spacial score (nSPS) is 24.5. The minimum Gasteiger partial charge on any atom is -0.315 e. The van der Waals surface area contributed by atoms with Crippen molar-refractivity contribution in [3.8, 4) is 0 Å². The molecule has 134 valence electrons. The van der Waals surface area contributed by atoms with Crippen LogP contribution in [0.5, 0.6) is 0 Å². The lowest BCUT2D eigenvalue weighted by atomic mass is 9.95. The second kappa shape index (κ2) is 6.01. The van der Waals surface area contributed by atoms with E-state index in [0.29, 0.717) is 12.0 Å². The summed E-state index contributed by atoms with van der Waals surface area (Å²) in [6, 6.07) is 11.1. The van der Waals surface area contributed by atoms with Gasteiger partial charge in [0.1, 0.15) is 0 Å². The minimum atomic E-state index is 0.0239. The Hall–Kier alpha value is -2.56. The van der Waals surface area contributed by atoms with Gasteiger partial charge in [-0.2, -0.15) is 5.10 Å². The molecule has 1 saturated carbocycles. The summed E-state index contributed by atoms with van der Waals surface area (Å²) < 4.78 is 1.81. The first kappa shape index (κ1) is 15.7. The average molecular weight is 348 g/mol. The molecule has 2 bridgehead atoms. The van der Waals surface area contributed by atoms with Crippen LogP contribution in [0, 0.1) is 0 Å². The Kier molecular flexibility index (Phi) is 3.62. The van der Waals surface area contributed by atoms with Crippen molar-refractivity contribution < 1.29 is 4.79 Å². The summed E-state index contributed by atoms with van der Waals surface area (Å²) in [6.45, 7) is 0. The fourth-order valence-electron chi connectivity index (χ4n) is 4.45. The number of urea groups is 1. The van der Waals surface area contributed by atoms with Crippen LogP contribution in [0.2, 0.25) is 0 Å². The Morgan fingerprint density at radius 2 is 1.96 bits per heavy atom. The van der Waals surface area contributed by atoms with E-state index in [9.17, 15) is 4.79 Å². The minimum absolute atomic E-state index is 0.0239. The number of nitrogens with one attached hydrogen (secondary N) is 1. The van der Waals surface area contributed by atoms with E-state index in [0.717, 1.165) is 30.6 Å². The molecular weight excluding hydrogens is 324 g/mol. The van der Waals surface area contributed by atoms with Crippen molar-refractivity contribution in [3.63, 3.8) is 0 Å². The molecule has 1 N–H and O–H groups in total. The molecule has 2 atom stereocenters. The molecule has 0 spiro atoms. The van der Waals surface area contributed by atoms with Gasteiger partial charge < -0.3 is 10.2 Å². The van der Waals surface area contributed by atoms with Crippen LogP contribution in [0.1, 0.15) is 49.3 Å². The molecule has 5 rings (SSSR count). The maximum Gasteiger partial charge on any atom is 0.322 e. The van der Waals surface area contributed by atoms with Crippen LogP contribution in [0.3, 0.4) is 0 Å². The van der Waals surface area contributed by atoms with Gasteiger partial charge in [0.2, 0.25) is 0 Å². The van der Waals surface area contributed by atoms with Gasteiger partial charge in [0.05, 0.1) is 17.4 Å². The van der Waals surface area contributed by atoms with Crippen LogP contribution in [-0.4, -0.2) is 32.8 Å². The predicted molar refractivity (Wildman–Crippen MR) is 102 cm³/mol. The number of rotatable bonds is 3.